The van der Waals surface area contributed by atoms with Crippen molar-refractivity contribution in [3.63, 3.8) is 0 Å². The molecule has 1 N–H and O–H groups in total. The molecule has 5 nitrogen and oxygen atoms in total. The fraction of sp³-hybridized carbons (Fsp3) is 0.500. The molecule has 0 aromatic heterocycles. The van der Waals surface area contributed by atoms with E-state index in [0.717, 1.165) is 37.2 Å². The van der Waals surface area contributed by atoms with E-state index in [-0.39, 0.29) is 18.1 Å². The average Bonchev–Trinajstić information content (AvgIpc) is 2.94. The van der Waals surface area contributed by atoms with Crippen molar-refractivity contribution in [2.75, 3.05) is 32.2 Å². The molecule has 1 fully saturated rings. The molecule has 0 amide bonds. The monoisotopic (exact) mass is 265 g/mol. The maximum atomic E-state index is 11.4. The van der Waals surface area contributed by atoms with Gasteiger partial charge < -0.3 is 19.5 Å². The smallest absolute Gasteiger partial charge is 0.309 e. The zero-order valence-electron chi connectivity index (χ0n) is 11.3. The summed E-state index contributed by atoms with van der Waals surface area (Å²) in [6.45, 7) is 1.83. The molecular formula is C14H19NO4. The van der Waals surface area contributed by atoms with E-state index < -0.39 is 0 Å². The quantitative estimate of drug-likeness (QED) is 0.840. The number of carbonyl (C=O) groups excluding carboxylic acids is 1. The van der Waals surface area contributed by atoms with Crippen LogP contribution in [0.4, 0.5) is 5.69 Å². The topological polar surface area (TPSA) is 59.0 Å². The van der Waals surface area contributed by atoms with Crippen molar-refractivity contribution in [3.05, 3.63) is 17.7 Å². The predicted octanol–water partition coefficient (Wildman–Crippen LogP) is 1.72. The first-order valence-electron chi connectivity index (χ1n) is 6.37. The van der Waals surface area contributed by atoms with Gasteiger partial charge in [-0.25, -0.2) is 0 Å². The van der Waals surface area contributed by atoms with Gasteiger partial charge in [0, 0.05) is 13.1 Å². The molecule has 104 valence electrons. The first kappa shape index (κ1) is 13.5. The van der Waals surface area contributed by atoms with Gasteiger partial charge in [-0.15, -0.1) is 0 Å². The molecule has 1 aromatic carbocycles. The van der Waals surface area contributed by atoms with Crippen LogP contribution in [0.3, 0.4) is 0 Å². The summed E-state index contributed by atoms with van der Waals surface area (Å²) in [6, 6.07) is 3.51. The highest BCUT2D eigenvalue weighted by Gasteiger charge is 2.20. The molecule has 0 unspecified atom stereocenters. The van der Waals surface area contributed by atoms with Crippen LogP contribution in [0, 0.1) is 0 Å². The Labute approximate surface area is 112 Å². The summed E-state index contributed by atoms with van der Waals surface area (Å²) in [4.78, 5) is 13.5. The van der Waals surface area contributed by atoms with Crippen LogP contribution >= 0.6 is 0 Å². The van der Waals surface area contributed by atoms with Crippen molar-refractivity contribution >= 4 is 11.7 Å². The standard InChI is InChI=1S/C14H19NO4/c1-18-12-8-10(9-13(16)19-2)7-11(14(12)17)15-5-3-4-6-15/h7-8,17H,3-6,9H2,1-2H3. The summed E-state index contributed by atoms with van der Waals surface area (Å²) >= 11 is 0. The summed E-state index contributed by atoms with van der Waals surface area (Å²) in [7, 11) is 2.87. The maximum absolute atomic E-state index is 11.4. The van der Waals surface area contributed by atoms with Crippen LogP contribution < -0.4 is 9.64 Å². The Balaban J connectivity index is 2.34. The van der Waals surface area contributed by atoms with E-state index in [4.69, 9.17) is 4.74 Å². The Morgan fingerprint density at radius 1 is 1.32 bits per heavy atom. The summed E-state index contributed by atoms with van der Waals surface area (Å²) in [5.41, 5.74) is 1.51. The Bertz CT molecular complexity index is 467. The Morgan fingerprint density at radius 2 is 2.00 bits per heavy atom. The molecule has 1 saturated heterocycles. The van der Waals surface area contributed by atoms with Crippen molar-refractivity contribution in [2.45, 2.75) is 19.3 Å². The van der Waals surface area contributed by atoms with E-state index in [2.05, 4.69) is 9.64 Å². The largest absolute Gasteiger partial charge is 0.503 e. The first-order valence-corrected chi connectivity index (χ1v) is 6.37. The average molecular weight is 265 g/mol. The number of phenols is 1. The fourth-order valence-corrected chi connectivity index (χ4v) is 2.34. The van der Waals surface area contributed by atoms with Crippen LogP contribution in [0.2, 0.25) is 0 Å². The summed E-state index contributed by atoms with van der Waals surface area (Å²) in [6.07, 6.45) is 2.40. The Hall–Kier alpha value is -1.91. The highest BCUT2D eigenvalue weighted by molar-refractivity contribution is 5.75. The maximum Gasteiger partial charge on any atom is 0.309 e. The molecule has 0 spiro atoms. The summed E-state index contributed by atoms with van der Waals surface area (Å²) in [5.74, 6) is 0.224. The second-order valence-electron chi connectivity index (χ2n) is 4.61. The van der Waals surface area contributed by atoms with Crippen LogP contribution in [-0.2, 0) is 16.0 Å². The number of esters is 1. The lowest BCUT2D eigenvalue weighted by Gasteiger charge is -2.21. The minimum atomic E-state index is -0.305. The van der Waals surface area contributed by atoms with Crippen molar-refractivity contribution in [1.82, 2.24) is 0 Å². The number of aromatic hydroxyl groups is 1. The number of carbonyl (C=O) groups is 1. The molecule has 2 rings (SSSR count). The predicted molar refractivity (Wildman–Crippen MR) is 71.8 cm³/mol. The number of rotatable bonds is 4. The third-order valence-electron chi connectivity index (χ3n) is 3.36. The minimum Gasteiger partial charge on any atom is -0.503 e. The molecule has 0 atom stereocenters. The van der Waals surface area contributed by atoms with E-state index in [1.165, 1.54) is 14.2 Å². The highest BCUT2D eigenvalue weighted by atomic mass is 16.5. The zero-order chi connectivity index (χ0) is 13.8. The lowest BCUT2D eigenvalue weighted by atomic mass is 10.1. The summed E-state index contributed by atoms with van der Waals surface area (Å²) < 4.78 is 9.84. The van der Waals surface area contributed by atoms with Crippen molar-refractivity contribution in [2.24, 2.45) is 0 Å². The minimum absolute atomic E-state index is 0.137. The fourth-order valence-electron chi connectivity index (χ4n) is 2.34. The number of phenolic OH excluding ortho intramolecular Hbond substituents is 1. The number of hydrogen-bond acceptors (Lipinski definition) is 5. The SMILES string of the molecule is COC(=O)Cc1cc(OC)c(O)c(N2CCCC2)c1. The first-order chi connectivity index (χ1) is 9.15. The van der Waals surface area contributed by atoms with Gasteiger partial charge in [0.15, 0.2) is 11.5 Å². The molecule has 0 aliphatic carbocycles. The van der Waals surface area contributed by atoms with Gasteiger partial charge in [0.2, 0.25) is 0 Å². The van der Waals surface area contributed by atoms with E-state index in [0.29, 0.717) is 5.75 Å². The van der Waals surface area contributed by atoms with Gasteiger partial charge >= 0.3 is 5.97 Å². The molecule has 5 heteroatoms. The Kier molecular flexibility index (Phi) is 4.14. The molecule has 19 heavy (non-hydrogen) atoms. The number of nitrogens with zero attached hydrogens (tertiary/aromatic N) is 1. The zero-order valence-corrected chi connectivity index (χ0v) is 11.3. The van der Waals surface area contributed by atoms with Crippen molar-refractivity contribution in [3.8, 4) is 11.5 Å². The molecule has 1 aliphatic heterocycles. The lowest BCUT2D eigenvalue weighted by molar-refractivity contribution is -0.139. The second-order valence-corrected chi connectivity index (χ2v) is 4.61. The van der Waals surface area contributed by atoms with Crippen LogP contribution in [0.25, 0.3) is 0 Å². The third-order valence-corrected chi connectivity index (χ3v) is 3.36. The van der Waals surface area contributed by atoms with E-state index in [1.807, 2.05) is 6.07 Å². The number of hydrogen-bond donors (Lipinski definition) is 1. The van der Waals surface area contributed by atoms with Crippen LogP contribution in [-0.4, -0.2) is 38.4 Å². The van der Waals surface area contributed by atoms with Gasteiger partial charge in [-0.2, -0.15) is 0 Å². The molecular weight excluding hydrogens is 246 g/mol. The van der Waals surface area contributed by atoms with E-state index >= 15 is 0 Å². The molecule has 1 aliphatic rings. The highest BCUT2D eigenvalue weighted by Crippen LogP contribution is 2.39. The number of benzene rings is 1. The van der Waals surface area contributed by atoms with Crippen LogP contribution in [0.15, 0.2) is 12.1 Å². The van der Waals surface area contributed by atoms with Gasteiger partial charge in [-0.1, -0.05) is 0 Å². The van der Waals surface area contributed by atoms with Gasteiger partial charge in [0.05, 0.1) is 26.3 Å². The van der Waals surface area contributed by atoms with Crippen LogP contribution in [0.1, 0.15) is 18.4 Å². The van der Waals surface area contributed by atoms with Gasteiger partial charge in [-0.3, -0.25) is 4.79 Å². The lowest BCUT2D eigenvalue weighted by Crippen LogP contribution is -2.18. The van der Waals surface area contributed by atoms with Crippen molar-refractivity contribution in [1.29, 1.82) is 0 Å². The molecule has 0 bridgehead atoms. The van der Waals surface area contributed by atoms with Gasteiger partial charge in [0.1, 0.15) is 0 Å². The summed E-state index contributed by atoms with van der Waals surface area (Å²) in [5, 5.41) is 10.2. The third kappa shape index (κ3) is 2.92. The van der Waals surface area contributed by atoms with E-state index in [9.17, 15) is 9.90 Å². The number of methoxy groups -OCH3 is 2. The normalized spacial score (nSPS) is 14.5. The number of anilines is 1. The van der Waals surface area contributed by atoms with Gasteiger partial charge in [0.25, 0.3) is 0 Å². The molecule has 0 radical (unpaired) electrons. The van der Waals surface area contributed by atoms with E-state index in [1.54, 1.807) is 6.07 Å². The van der Waals surface area contributed by atoms with Crippen molar-refractivity contribution < 1.29 is 19.4 Å². The Morgan fingerprint density at radius 3 is 2.58 bits per heavy atom. The van der Waals surface area contributed by atoms with Crippen LogP contribution in [0.5, 0.6) is 11.5 Å². The second kappa shape index (κ2) is 5.82. The molecule has 1 aromatic rings. The van der Waals surface area contributed by atoms with Gasteiger partial charge in [-0.05, 0) is 30.5 Å². The molecule has 0 saturated carbocycles. The number of ether oxygens (including phenoxy) is 2. The molecule has 1 heterocycles.